The fraction of sp³-hybridized carbons (Fsp3) is 0.222. The van der Waals surface area contributed by atoms with E-state index in [9.17, 15) is 8.78 Å². The molecule has 2 rings (SSSR count). The summed E-state index contributed by atoms with van der Waals surface area (Å²) in [6, 6.07) is 2.03. The minimum absolute atomic E-state index is 0.202. The molecule has 0 N–H and O–H groups in total. The Hall–Kier alpha value is -0.670. The van der Waals surface area contributed by atoms with E-state index in [1.165, 1.54) is 0 Å². The first kappa shape index (κ1) is 8.91. The predicted molar refractivity (Wildman–Crippen MR) is 44.4 cm³/mol. The molecule has 1 atom stereocenters. The summed E-state index contributed by atoms with van der Waals surface area (Å²) in [4.78, 5) is 0. The maximum atomic E-state index is 13.2. The van der Waals surface area contributed by atoms with E-state index in [0.29, 0.717) is 6.61 Å². The van der Waals surface area contributed by atoms with E-state index in [1.807, 2.05) is 0 Å². The van der Waals surface area contributed by atoms with Crippen LogP contribution >= 0.6 is 11.6 Å². The molecular formula is C9H6ClF2O. The molecule has 0 unspecified atom stereocenters. The summed E-state index contributed by atoms with van der Waals surface area (Å²) < 4.78 is 31.0. The van der Waals surface area contributed by atoms with Crippen molar-refractivity contribution < 1.29 is 13.5 Å². The smallest absolute Gasteiger partial charge is 0.142 e. The first-order valence-electron chi connectivity index (χ1n) is 3.78. The Balaban J connectivity index is 2.39. The fourth-order valence-corrected chi connectivity index (χ4v) is 1.32. The van der Waals surface area contributed by atoms with Crippen molar-refractivity contribution in [1.82, 2.24) is 0 Å². The normalized spacial score (nSPS) is 21.3. The second-order valence-corrected chi connectivity index (χ2v) is 3.18. The summed E-state index contributed by atoms with van der Waals surface area (Å²) in [7, 11) is 0. The molecule has 1 aliphatic rings. The highest BCUT2D eigenvalue weighted by molar-refractivity contribution is 6.30. The monoisotopic (exact) mass is 203 g/mol. The predicted octanol–water partition coefficient (Wildman–Crippen LogP) is 2.89. The van der Waals surface area contributed by atoms with Crippen LogP contribution in [-0.2, 0) is 4.74 Å². The number of rotatable bonds is 1. The van der Waals surface area contributed by atoms with E-state index in [0.717, 1.165) is 12.1 Å². The van der Waals surface area contributed by atoms with Crippen molar-refractivity contribution in [3.8, 4) is 0 Å². The van der Waals surface area contributed by atoms with Crippen molar-refractivity contribution in [2.24, 2.45) is 0 Å². The van der Waals surface area contributed by atoms with Gasteiger partial charge in [-0.15, -0.1) is 0 Å². The van der Waals surface area contributed by atoms with E-state index in [2.05, 4.69) is 0 Å². The first-order chi connectivity index (χ1) is 6.18. The Morgan fingerprint density at radius 3 is 2.54 bits per heavy atom. The van der Waals surface area contributed by atoms with Crippen molar-refractivity contribution in [1.29, 1.82) is 0 Å². The summed E-state index contributed by atoms with van der Waals surface area (Å²) in [6.45, 7) is 0.481. The molecule has 0 aliphatic carbocycles. The summed E-state index contributed by atoms with van der Waals surface area (Å²) in [5.74, 6) is -1.16. The highest BCUT2D eigenvalue weighted by Gasteiger charge is 2.25. The van der Waals surface area contributed by atoms with Gasteiger partial charge in [0, 0.05) is 12.0 Å². The Morgan fingerprint density at radius 2 is 2.00 bits per heavy atom. The number of ether oxygens (including phenoxy) is 1. The van der Waals surface area contributed by atoms with Crippen LogP contribution in [0.4, 0.5) is 8.78 Å². The van der Waals surface area contributed by atoms with Crippen molar-refractivity contribution >= 4 is 11.6 Å². The second kappa shape index (κ2) is 3.24. The Morgan fingerprint density at radius 1 is 1.31 bits per heavy atom. The lowest BCUT2D eigenvalue weighted by atomic mass is 10.0. The van der Waals surface area contributed by atoms with Crippen molar-refractivity contribution in [2.45, 2.75) is 6.10 Å². The Kier molecular flexibility index (Phi) is 2.22. The first-order valence-corrected chi connectivity index (χ1v) is 4.15. The molecule has 0 bridgehead atoms. The van der Waals surface area contributed by atoms with Crippen molar-refractivity contribution in [2.75, 3.05) is 6.61 Å². The Bertz CT molecular complexity index is 337. The number of benzene rings is 1. The summed E-state index contributed by atoms with van der Waals surface area (Å²) in [6.07, 6.45) is 1.33. The molecule has 0 amide bonds. The van der Waals surface area contributed by atoms with Crippen LogP contribution in [-0.4, -0.2) is 6.61 Å². The molecule has 0 saturated carbocycles. The van der Waals surface area contributed by atoms with Gasteiger partial charge in [0.2, 0.25) is 0 Å². The molecule has 0 spiro atoms. The van der Waals surface area contributed by atoms with Crippen LogP contribution in [0, 0.1) is 18.1 Å². The minimum atomic E-state index is -0.623. The molecule has 1 radical (unpaired) electrons. The van der Waals surface area contributed by atoms with Gasteiger partial charge in [-0.1, -0.05) is 11.6 Å². The highest BCUT2D eigenvalue weighted by Crippen LogP contribution is 2.32. The molecule has 1 aliphatic heterocycles. The summed E-state index contributed by atoms with van der Waals surface area (Å²) >= 11 is 5.39. The molecule has 69 valence electrons. The van der Waals surface area contributed by atoms with Crippen LogP contribution in [0.25, 0.3) is 0 Å². The third-order valence-electron chi connectivity index (χ3n) is 1.93. The van der Waals surface area contributed by atoms with E-state index in [-0.39, 0.29) is 10.6 Å². The van der Waals surface area contributed by atoms with Crippen molar-refractivity contribution in [3.63, 3.8) is 0 Å². The number of halogens is 3. The summed E-state index contributed by atoms with van der Waals surface area (Å²) in [5.41, 5.74) is 0.202. The van der Waals surface area contributed by atoms with Gasteiger partial charge < -0.3 is 4.74 Å². The Labute approximate surface area is 79.3 Å². The van der Waals surface area contributed by atoms with Crippen LogP contribution in [0.15, 0.2) is 12.1 Å². The van der Waals surface area contributed by atoms with Gasteiger partial charge in [-0.2, -0.15) is 0 Å². The maximum Gasteiger partial charge on any atom is 0.142 e. The zero-order chi connectivity index (χ0) is 9.42. The van der Waals surface area contributed by atoms with Crippen LogP contribution in [0.1, 0.15) is 11.7 Å². The van der Waals surface area contributed by atoms with E-state index >= 15 is 0 Å². The van der Waals surface area contributed by atoms with Crippen LogP contribution < -0.4 is 0 Å². The van der Waals surface area contributed by atoms with Crippen LogP contribution in [0.2, 0.25) is 5.02 Å². The third kappa shape index (κ3) is 1.54. The number of hydrogen-bond donors (Lipinski definition) is 0. The lowest BCUT2D eigenvalue weighted by molar-refractivity contribution is 0.00545. The third-order valence-corrected chi connectivity index (χ3v) is 2.22. The van der Waals surface area contributed by atoms with Gasteiger partial charge in [0.15, 0.2) is 0 Å². The molecule has 4 heteroatoms. The maximum absolute atomic E-state index is 13.2. The van der Waals surface area contributed by atoms with E-state index in [1.54, 1.807) is 6.42 Å². The van der Waals surface area contributed by atoms with Gasteiger partial charge in [0.1, 0.15) is 11.6 Å². The fourth-order valence-electron chi connectivity index (χ4n) is 1.17. The van der Waals surface area contributed by atoms with Crippen LogP contribution in [0.5, 0.6) is 0 Å². The minimum Gasteiger partial charge on any atom is -0.373 e. The average Bonchev–Trinajstić information content (AvgIpc) is 1.96. The van der Waals surface area contributed by atoms with Gasteiger partial charge in [0.25, 0.3) is 0 Å². The molecular weight excluding hydrogens is 198 g/mol. The quantitative estimate of drug-likeness (QED) is 0.638. The van der Waals surface area contributed by atoms with Gasteiger partial charge in [-0.05, 0) is 12.1 Å². The standard InChI is InChI=1S/C9H6ClF2O/c10-6-4-7(11)5(3-8(6)12)9-1-2-13-9/h1,3-4,9H,2H2/t9-/m1/s1. The highest BCUT2D eigenvalue weighted by atomic mass is 35.5. The van der Waals surface area contributed by atoms with Gasteiger partial charge in [-0.3, -0.25) is 0 Å². The molecule has 1 fully saturated rings. The number of hydrogen-bond acceptors (Lipinski definition) is 1. The second-order valence-electron chi connectivity index (χ2n) is 2.78. The topological polar surface area (TPSA) is 9.23 Å². The SMILES string of the molecule is Fc1cc([C@H]2[CH]CO2)c(F)cc1Cl. The lowest BCUT2D eigenvalue weighted by Gasteiger charge is -2.26. The van der Waals surface area contributed by atoms with E-state index < -0.39 is 17.7 Å². The molecule has 1 aromatic carbocycles. The average molecular weight is 204 g/mol. The molecule has 1 aromatic rings. The molecule has 1 saturated heterocycles. The lowest BCUT2D eigenvalue weighted by Crippen LogP contribution is -2.20. The summed E-state index contributed by atoms with van der Waals surface area (Å²) in [5, 5.41) is -0.208. The van der Waals surface area contributed by atoms with Crippen molar-refractivity contribution in [3.05, 3.63) is 40.8 Å². The zero-order valence-corrected chi connectivity index (χ0v) is 7.31. The van der Waals surface area contributed by atoms with Gasteiger partial charge in [0.05, 0.1) is 17.7 Å². The molecule has 0 aromatic heterocycles. The van der Waals surface area contributed by atoms with Gasteiger partial charge in [-0.25, -0.2) is 8.78 Å². The molecule has 1 heterocycles. The van der Waals surface area contributed by atoms with Gasteiger partial charge >= 0.3 is 0 Å². The van der Waals surface area contributed by atoms with E-state index in [4.69, 9.17) is 16.3 Å². The van der Waals surface area contributed by atoms with Crippen LogP contribution in [0.3, 0.4) is 0 Å². The molecule has 1 nitrogen and oxygen atoms in total. The largest absolute Gasteiger partial charge is 0.373 e. The molecule has 13 heavy (non-hydrogen) atoms. The zero-order valence-electron chi connectivity index (χ0n) is 6.56.